The van der Waals surface area contributed by atoms with Crippen molar-refractivity contribution in [3.05, 3.63) is 80.5 Å². The number of hydrogen-bond donors (Lipinski definition) is 2. The Labute approximate surface area is 178 Å². The highest BCUT2D eigenvalue weighted by Gasteiger charge is 2.11. The van der Waals surface area contributed by atoms with Gasteiger partial charge in [-0.2, -0.15) is 0 Å². The van der Waals surface area contributed by atoms with Crippen molar-refractivity contribution < 1.29 is 9.53 Å². The molecular weight excluding hydrogens is 398 g/mol. The number of aryl methyl sites for hydroxylation is 1. The van der Waals surface area contributed by atoms with Crippen LogP contribution < -0.4 is 27.0 Å². The maximum atomic E-state index is 12.2. The van der Waals surface area contributed by atoms with E-state index in [1.165, 1.54) is 20.3 Å². The van der Waals surface area contributed by atoms with Crippen LogP contribution in [0.2, 0.25) is 0 Å². The third-order valence-electron chi connectivity index (χ3n) is 4.61. The van der Waals surface area contributed by atoms with Crippen molar-refractivity contribution >= 4 is 29.3 Å². The monoisotopic (exact) mass is 421 g/mol. The van der Waals surface area contributed by atoms with E-state index < -0.39 is 11.2 Å². The van der Waals surface area contributed by atoms with E-state index in [0.717, 1.165) is 14.7 Å². The van der Waals surface area contributed by atoms with Crippen LogP contribution in [0.15, 0.2) is 63.1 Å². The van der Waals surface area contributed by atoms with Crippen molar-refractivity contribution in [2.75, 3.05) is 17.7 Å². The van der Waals surface area contributed by atoms with E-state index in [-0.39, 0.29) is 24.0 Å². The minimum Gasteiger partial charge on any atom is -0.484 e. The zero-order valence-electron chi connectivity index (χ0n) is 17.5. The lowest BCUT2D eigenvalue weighted by molar-refractivity contribution is -0.118. The van der Waals surface area contributed by atoms with Crippen LogP contribution in [0.4, 0.5) is 17.2 Å². The van der Waals surface area contributed by atoms with Gasteiger partial charge in [-0.05, 0) is 48.9 Å². The van der Waals surface area contributed by atoms with Gasteiger partial charge in [0.05, 0.1) is 0 Å². The van der Waals surface area contributed by atoms with Gasteiger partial charge in [0.2, 0.25) is 0 Å². The molecule has 0 fully saturated rings. The molecule has 0 aliphatic heterocycles. The Kier molecular flexibility index (Phi) is 6.35. The summed E-state index contributed by atoms with van der Waals surface area (Å²) in [6.45, 7) is 1.84. The van der Waals surface area contributed by atoms with Crippen molar-refractivity contribution in [1.29, 1.82) is 0 Å². The van der Waals surface area contributed by atoms with Crippen molar-refractivity contribution in [3.63, 3.8) is 0 Å². The number of nitrogens with one attached hydrogen (secondary N) is 1. The highest BCUT2D eigenvalue weighted by Crippen LogP contribution is 2.15. The Bertz CT molecular complexity index is 1240. The second kappa shape index (κ2) is 9.12. The lowest BCUT2D eigenvalue weighted by Crippen LogP contribution is -2.37. The van der Waals surface area contributed by atoms with Crippen LogP contribution in [0.1, 0.15) is 11.1 Å². The summed E-state index contributed by atoms with van der Waals surface area (Å²) in [5, 5.41) is 2.76. The Morgan fingerprint density at radius 3 is 2.35 bits per heavy atom. The molecule has 0 saturated carbocycles. The average molecular weight is 421 g/mol. The standard InChI is InChI=1S/C22H23N5O4/c1-14-4-8-16(9-5-14)25-18(28)13-31-17-10-6-15(7-11-17)12-24-19-20(23)26(2)22(30)27(3)21(19)29/h4-12H,13,23H2,1-3H3,(H,25,28). The van der Waals surface area contributed by atoms with Crippen LogP contribution in [-0.4, -0.2) is 27.9 Å². The number of aliphatic imine (C=N–C) groups is 1. The third-order valence-corrected chi connectivity index (χ3v) is 4.61. The first-order valence-electron chi connectivity index (χ1n) is 9.45. The third kappa shape index (κ3) is 5.08. The number of hydrogen-bond acceptors (Lipinski definition) is 6. The fraction of sp³-hybridized carbons (Fsp3) is 0.182. The molecule has 3 N–H and O–H groups in total. The second-order valence-electron chi connectivity index (χ2n) is 6.97. The molecule has 160 valence electrons. The smallest absolute Gasteiger partial charge is 0.332 e. The number of carbonyl (C=O) groups is 1. The summed E-state index contributed by atoms with van der Waals surface area (Å²) in [7, 11) is 2.83. The van der Waals surface area contributed by atoms with Gasteiger partial charge in [0.25, 0.3) is 11.5 Å². The van der Waals surface area contributed by atoms with Crippen molar-refractivity contribution in [2.45, 2.75) is 6.92 Å². The first-order valence-corrected chi connectivity index (χ1v) is 9.45. The van der Waals surface area contributed by atoms with E-state index in [2.05, 4.69) is 10.3 Å². The lowest BCUT2D eigenvalue weighted by Gasteiger charge is -2.08. The van der Waals surface area contributed by atoms with Gasteiger partial charge in [0.1, 0.15) is 11.6 Å². The van der Waals surface area contributed by atoms with E-state index in [0.29, 0.717) is 17.0 Å². The summed E-state index contributed by atoms with van der Waals surface area (Å²) >= 11 is 0. The molecule has 0 radical (unpaired) electrons. The fourth-order valence-electron chi connectivity index (χ4n) is 2.74. The summed E-state index contributed by atoms with van der Waals surface area (Å²) in [5.74, 6) is 0.230. The number of benzene rings is 2. The maximum Gasteiger partial charge on any atom is 0.332 e. The van der Waals surface area contributed by atoms with Gasteiger partial charge in [0, 0.05) is 26.0 Å². The molecule has 3 aromatic rings. The van der Waals surface area contributed by atoms with E-state index >= 15 is 0 Å². The van der Waals surface area contributed by atoms with Gasteiger partial charge in [-0.15, -0.1) is 0 Å². The molecule has 9 nitrogen and oxygen atoms in total. The number of nitrogens with zero attached hydrogens (tertiary/aromatic N) is 3. The van der Waals surface area contributed by atoms with Gasteiger partial charge in [-0.3, -0.25) is 18.7 Å². The highest BCUT2D eigenvalue weighted by atomic mass is 16.5. The molecule has 3 rings (SSSR count). The summed E-state index contributed by atoms with van der Waals surface area (Å²) in [6, 6.07) is 14.3. The quantitative estimate of drug-likeness (QED) is 0.588. The fourth-order valence-corrected chi connectivity index (χ4v) is 2.74. The lowest BCUT2D eigenvalue weighted by atomic mass is 10.2. The predicted octanol–water partition coefficient (Wildman–Crippen LogP) is 1.74. The number of carbonyl (C=O) groups excluding carboxylic acids is 1. The van der Waals surface area contributed by atoms with Gasteiger partial charge in [-0.25, -0.2) is 9.79 Å². The zero-order valence-corrected chi connectivity index (χ0v) is 17.5. The van der Waals surface area contributed by atoms with Crippen LogP contribution in [0.25, 0.3) is 0 Å². The molecule has 1 heterocycles. The first kappa shape index (κ1) is 21.6. The van der Waals surface area contributed by atoms with Gasteiger partial charge in [-0.1, -0.05) is 17.7 Å². The average Bonchev–Trinajstić information content (AvgIpc) is 2.77. The molecule has 1 amide bonds. The van der Waals surface area contributed by atoms with E-state index in [9.17, 15) is 14.4 Å². The Morgan fingerprint density at radius 2 is 1.71 bits per heavy atom. The Hall–Kier alpha value is -4.14. The molecular formula is C22H23N5O4. The number of ether oxygens (including phenoxy) is 1. The number of nitrogen functional groups attached to an aromatic ring is 1. The normalized spacial score (nSPS) is 10.9. The predicted molar refractivity (Wildman–Crippen MR) is 120 cm³/mol. The number of amides is 1. The van der Waals surface area contributed by atoms with Crippen molar-refractivity contribution in [3.8, 4) is 5.75 Å². The minimum absolute atomic E-state index is 0.0103. The molecule has 0 atom stereocenters. The SMILES string of the molecule is Cc1ccc(NC(=O)COc2ccc(C=Nc3c(N)n(C)c(=O)n(C)c3=O)cc2)cc1. The summed E-state index contributed by atoms with van der Waals surface area (Å²) < 4.78 is 7.60. The van der Waals surface area contributed by atoms with Crippen LogP contribution >= 0.6 is 0 Å². The summed E-state index contributed by atoms with van der Waals surface area (Å²) in [5.41, 5.74) is 7.24. The molecule has 2 aromatic carbocycles. The van der Waals surface area contributed by atoms with Gasteiger partial charge >= 0.3 is 5.69 Å². The molecule has 0 aliphatic carbocycles. The summed E-state index contributed by atoms with van der Waals surface area (Å²) in [4.78, 5) is 40.2. The van der Waals surface area contributed by atoms with Crippen LogP contribution in [-0.2, 0) is 18.9 Å². The number of anilines is 2. The molecule has 0 bridgehead atoms. The largest absolute Gasteiger partial charge is 0.484 e. The maximum absolute atomic E-state index is 12.2. The molecule has 31 heavy (non-hydrogen) atoms. The van der Waals surface area contributed by atoms with Gasteiger partial charge < -0.3 is 15.8 Å². The van der Waals surface area contributed by atoms with Crippen LogP contribution in [0, 0.1) is 6.92 Å². The van der Waals surface area contributed by atoms with Crippen molar-refractivity contribution in [1.82, 2.24) is 9.13 Å². The van der Waals surface area contributed by atoms with Crippen molar-refractivity contribution in [2.24, 2.45) is 19.1 Å². The Morgan fingerprint density at radius 1 is 1.06 bits per heavy atom. The molecule has 0 unspecified atom stereocenters. The molecule has 0 saturated heterocycles. The van der Waals surface area contributed by atoms with Gasteiger partial charge in [0.15, 0.2) is 12.3 Å². The molecule has 0 spiro atoms. The molecule has 9 heteroatoms. The first-order chi connectivity index (χ1) is 14.8. The number of rotatable bonds is 6. The van der Waals surface area contributed by atoms with E-state index in [1.54, 1.807) is 24.3 Å². The minimum atomic E-state index is -0.573. The second-order valence-corrected chi connectivity index (χ2v) is 6.97. The topological polar surface area (TPSA) is 121 Å². The number of aromatic nitrogens is 2. The van der Waals surface area contributed by atoms with Crippen LogP contribution in [0.3, 0.4) is 0 Å². The van der Waals surface area contributed by atoms with Crippen LogP contribution in [0.5, 0.6) is 5.75 Å². The number of nitrogens with two attached hydrogens (primary N) is 1. The Balaban J connectivity index is 1.63. The van der Waals surface area contributed by atoms with E-state index in [4.69, 9.17) is 10.5 Å². The molecule has 1 aromatic heterocycles. The summed E-state index contributed by atoms with van der Waals surface area (Å²) in [6.07, 6.45) is 1.46. The van der Waals surface area contributed by atoms with E-state index in [1.807, 2.05) is 31.2 Å². The molecule has 0 aliphatic rings. The zero-order chi connectivity index (χ0) is 22.5. The highest BCUT2D eigenvalue weighted by molar-refractivity contribution is 5.91.